The molecule has 1 aromatic carbocycles. The van der Waals surface area contributed by atoms with E-state index in [1.807, 2.05) is 57.2 Å². The number of aliphatic hydroxyl groups excluding tert-OH is 1. The van der Waals surface area contributed by atoms with Gasteiger partial charge in [0.25, 0.3) is 0 Å². The van der Waals surface area contributed by atoms with Crippen LogP contribution in [0.3, 0.4) is 0 Å². The van der Waals surface area contributed by atoms with Gasteiger partial charge in [-0.25, -0.2) is 0 Å². The predicted octanol–water partition coefficient (Wildman–Crippen LogP) is 3.26. The quantitative estimate of drug-likeness (QED) is 0.914. The van der Waals surface area contributed by atoms with Gasteiger partial charge >= 0.3 is 0 Å². The average Bonchev–Trinajstić information content (AvgIpc) is 2.39. The Labute approximate surface area is 113 Å². The third-order valence-corrected chi connectivity index (χ3v) is 2.88. The molecule has 0 bridgehead atoms. The molecule has 19 heavy (non-hydrogen) atoms. The van der Waals surface area contributed by atoms with Crippen LogP contribution in [0.5, 0.6) is 5.75 Å². The summed E-state index contributed by atoms with van der Waals surface area (Å²) in [7, 11) is 0. The van der Waals surface area contributed by atoms with Gasteiger partial charge in [-0.3, -0.25) is 4.98 Å². The largest absolute Gasteiger partial charge is 0.491 e. The summed E-state index contributed by atoms with van der Waals surface area (Å²) >= 11 is 0. The van der Waals surface area contributed by atoms with Crippen molar-refractivity contribution in [1.29, 1.82) is 0 Å². The molecule has 0 aliphatic carbocycles. The Hall–Kier alpha value is -1.87. The molecule has 0 saturated carbocycles. The molecule has 0 aliphatic rings. The van der Waals surface area contributed by atoms with Gasteiger partial charge in [-0.1, -0.05) is 18.2 Å². The van der Waals surface area contributed by atoms with Crippen LogP contribution in [0.2, 0.25) is 0 Å². The SMILES string of the molecule is Cc1cccnc1C(O)c1ccc(OC(C)C)cc1. The molecule has 0 aliphatic heterocycles. The lowest BCUT2D eigenvalue weighted by Gasteiger charge is -2.14. The van der Waals surface area contributed by atoms with Gasteiger partial charge in [-0.15, -0.1) is 0 Å². The zero-order chi connectivity index (χ0) is 13.8. The first-order valence-corrected chi connectivity index (χ1v) is 6.44. The van der Waals surface area contributed by atoms with Gasteiger partial charge in [0.1, 0.15) is 11.9 Å². The fraction of sp³-hybridized carbons (Fsp3) is 0.312. The van der Waals surface area contributed by atoms with E-state index < -0.39 is 6.10 Å². The van der Waals surface area contributed by atoms with Crippen molar-refractivity contribution in [1.82, 2.24) is 4.98 Å². The van der Waals surface area contributed by atoms with Gasteiger partial charge in [0, 0.05) is 6.20 Å². The lowest BCUT2D eigenvalue weighted by Crippen LogP contribution is -2.07. The van der Waals surface area contributed by atoms with Crippen LogP contribution < -0.4 is 4.74 Å². The van der Waals surface area contributed by atoms with E-state index in [0.717, 1.165) is 16.9 Å². The Balaban J connectivity index is 2.20. The van der Waals surface area contributed by atoms with Gasteiger partial charge in [0.05, 0.1) is 11.8 Å². The third-order valence-electron chi connectivity index (χ3n) is 2.88. The Morgan fingerprint density at radius 3 is 2.37 bits per heavy atom. The number of ether oxygens (including phenoxy) is 1. The van der Waals surface area contributed by atoms with E-state index in [2.05, 4.69) is 4.98 Å². The lowest BCUT2D eigenvalue weighted by molar-refractivity contribution is 0.213. The van der Waals surface area contributed by atoms with Crippen LogP contribution in [0, 0.1) is 6.92 Å². The second-order valence-electron chi connectivity index (χ2n) is 4.84. The highest BCUT2D eigenvalue weighted by Crippen LogP contribution is 2.24. The Morgan fingerprint density at radius 1 is 1.11 bits per heavy atom. The van der Waals surface area contributed by atoms with Crippen LogP contribution in [0.1, 0.15) is 36.8 Å². The first-order valence-electron chi connectivity index (χ1n) is 6.44. The summed E-state index contributed by atoms with van der Waals surface area (Å²) < 4.78 is 5.58. The van der Waals surface area contributed by atoms with Gasteiger partial charge in [0.2, 0.25) is 0 Å². The highest BCUT2D eigenvalue weighted by atomic mass is 16.5. The summed E-state index contributed by atoms with van der Waals surface area (Å²) in [5, 5.41) is 10.3. The van der Waals surface area contributed by atoms with E-state index in [1.165, 1.54) is 0 Å². The molecule has 0 saturated heterocycles. The first kappa shape index (κ1) is 13.6. The molecule has 3 heteroatoms. The molecular formula is C16H19NO2. The molecule has 0 amide bonds. The summed E-state index contributed by atoms with van der Waals surface area (Å²) in [5.74, 6) is 0.809. The summed E-state index contributed by atoms with van der Waals surface area (Å²) in [4.78, 5) is 4.24. The maximum Gasteiger partial charge on any atom is 0.121 e. The molecular weight excluding hydrogens is 238 g/mol. The summed E-state index contributed by atoms with van der Waals surface area (Å²) in [6.07, 6.45) is 1.14. The van der Waals surface area contributed by atoms with E-state index >= 15 is 0 Å². The van der Waals surface area contributed by atoms with Crippen LogP contribution in [-0.2, 0) is 0 Å². The summed E-state index contributed by atoms with van der Waals surface area (Å²) in [6, 6.07) is 11.3. The van der Waals surface area contributed by atoms with Crippen LogP contribution in [0.15, 0.2) is 42.6 Å². The molecule has 1 atom stereocenters. The molecule has 1 unspecified atom stereocenters. The lowest BCUT2D eigenvalue weighted by atomic mass is 10.0. The second kappa shape index (κ2) is 5.85. The molecule has 100 valence electrons. The summed E-state index contributed by atoms with van der Waals surface area (Å²) in [6.45, 7) is 5.92. The summed E-state index contributed by atoms with van der Waals surface area (Å²) in [5.41, 5.74) is 2.50. The van der Waals surface area contributed by atoms with Crippen LogP contribution >= 0.6 is 0 Å². The van der Waals surface area contributed by atoms with Crippen molar-refractivity contribution in [2.45, 2.75) is 33.0 Å². The average molecular weight is 257 g/mol. The number of aryl methyl sites for hydroxylation is 1. The van der Waals surface area contributed by atoms with Gasteiger partial charge < -0.3 is 9.84 Å². The third kappa shape index (κ3) is 3.32. The maximum absolute atomic E-state index is 10.3. The van der Waals surface area contributed by atoms with E-state index in [9.17, 15) is 5.11 Å². The minimum atomic E-state index is -0.700. The minimum Gasteiger partial charge on any atom is -0.491 e. The number of benzene rings is 1. The second-order valence-corrected chi connectivity index (χ2v) is 4.84. The topological polar surface area (TPSA) is 42.4 Å². The van der Waals surface area contributed by atoms with Crippen molar-refractivity contribution >= 4 is 0 Å². The monoisotopic (exact) mass is 257 g/mol. The van der Waals surface area contributed by atoms with Crippen LogP contribution in [0.4, 0.5) is 0 Å². The Bertz CT molecular complexity index is 535. The molecule has 2 rings (SSSR count). The van der Waals surface area contributed by atoms with Crippen molar-refractivity contribution < 1.29 is 9.84 Å². The number of hydrogen-bond acceptors (Lipinski definition) is 3. The molecule has 1 heterocycles. The molecule has 3 nitrogen and oxygen atoms in total. The van der Waals surface area contributed by atoms with E-state index in [-0.39, 0.29) is 6.10 Å². The van der Waals surface area contributed by atoms with Gasteiger partial charge in [0.15, 0.2) is 0 Å². The zero-order valence-corrected chi connectivity index (χ0v) is 11.5. The number of aliphatic hydroxyl groups is 1. The number of pyridine rings is 1. The molecule has 1 N–H and O–H groups in total. The Morgan fingerprint density at radius 2 is 1.79 bits per heavy atom. The van der Waals surface area contributed by atoms with E-state index in [1.54, 1.807) is 6.20 Å². The van der Waals surface area contributed by atoms with Crippen molar-refractivity contribution in [3.05, 3.63) is 59.4 Å². The molecule has 0 fully saturated rings. The predicted molar refractivity (Wildman–Crippen MR) is 75.2 cm³/mol. The van der Waals surface area contributed by atoms with Crippen molar-refractivity contribution in [2.24, 2.45) is 0 Å². The van der Waals surface area contributed by atoms with E-state index in [4.69, 9.17) is 4.74 Å². The van der Waals surface area contributed by atoms with Gasteiger partial charge in [-0.2, -0.15) is 0 Å². The molecule has 0 radical (unpaired) electrons. The maximum atomic E-state index is 10.3. The highest BCUT2D eigenvalue weighted by Gasteiger charge is 2.14. The van der Waals surface area contributed by atoms with Crippen LogP contribution in [-0.4, -0.2) is 16.2 Å². The van der Waals surface area contributed by atoms with Crippen molar-refractivity contribution in [3.8, 4) is 5.75 Å². The minimum absolute atomic E-state index is 0.147. The smallest absolute Gasteiger partial charge is 0.121 e. The highest BCUT2D eigenvalue weighted by molar-refractivity contribution is 5.34. The zero-order valence-electron chi connectivity index (χ0n) is 11.5. The van der Waals surface area contributed by atoms with Crippen molar-refractivity contribution in [3.63, 3.8) is 0 Å². The van der Waals surface area contributed by atoms with Crippen molar-refractivity contribution in [2.75, 3.05) is 0 Å². The Kier molecular flexibility index (Phi) is 4.17. The molecule has 0 spiro atoms. The number of rotatable bonds is 4. The fourth-order valence-electron chi connectivity index (χ4n) is 1.94. The number of hydrogen-bond donors (Lipinski definition) is 1. The molecule has 2 aromatic rings. The molecule has 1 aromatic heterocycles. The number of nitrogens with zero attached hydrogens (tertiary/aromatic N) is 1. The fourth-order valence-corrected chi connectivity index (χ4v) is 1.94. The number of aromatic nitrogens is 1. The van der Waals surface area contributed by atoms with Crippen LogP contribution in [0.25, 0.3) is 0 Å². The normalized spacial score (nSPS) is 12.5. The van der Waals surface area contributed by atoms with E-state index in [0.29, 0.717) is 5.69 Å². The van der Waals surface area contributed by atoms with Gasteiger partial charge in [-0.05, 0) is 50.1 Å². The first-order chi connectivity index (χ1) is 9.08. The standard InChI is InChI=1S/C16H19NO2/c1-11(2)19-14-8-6-13(7-9-14)16(18)15-12(3)5-4-10-17-15/h4-11,16,18H,1-3H3.